The Balaban J connectivity index is 2.03. The smallest absolute Gasteiger partial charge is 0.407 e. The molecule has 0 aliphatic carbocycles. The van der Waals surface area contributed by atoms with E-state index in [0.29, 0.717) is 12.8 Å². The first-order valence-corrected chi connectivity index (χ1v) is 9.21. The van der Waals surface area contributed by atoms with Crippen molar-refractivity contribution < 1.29 is 32.2 Å². The summed E-state index contributed by atoms with van der Waals surface area (Å²) in [4.78, 5) is 25.6. The predicted molar refractivity (Wildman–Crippen MR) is 95.4 cm³/mol. The number of carbonyl (C=O) groups is 2. The van der Waals surface area contributed by atoms with E-state index in [1.807, 2.05) is 6.07 Å². The first-order valence-electron chi connectivity index (χ1n) is 9.21. The quantitative estimate of drug-likeness (QED) is 0.741. The van der Waals surface area contributed by atoms with Crippen LogP contribution in [0, 0.1) is 5.92 Å². The number of benzene rings is 1. The number of alkyl carbamates (subject to hydrolysis) is 1. The van der Waals surface area contributed by atoms with Crippen molar-refractivity contribution in [2.24, 2.45) is 5.92 Å². The van der Waals surface area contributed by atoms with E-state index in [4.69, 9.17) is 9.47 Å². The number of halogens is 3. The molecule has 1 aromatic rings. The minimum Gasteiger partial charge on any atom is -0.466 e. The van der Waals surface area contributed by atoms with Crippen LogP contribution in [0.2, 0.25) is 0 Å². The van der Waals surface area contributed by atoms with E-state index >= 15 is 0 Å². The predicted octanol–water partition coefficient (Wildman–Crippen LogP) is 3.12. The van der Waals surface area contributed by atoms with Crippen LogP contribution in [-0.4, -0.2) is 55.4 Å². The zero-order valence-corrected chi connectivity index (χ0v) is 15.7. The van der Waals surface area contributed by atoms with Crippen LogP contribution in [-0.2, 0) is 20.9 Å². The van der Waals surface area contributed by atoms with E-state index in [2.05, 4.69) is 5.32 Å². The van der Waals surface area contributed by atoms with E-state index < -0.39 is 36.7 Å². The number of nitrogens with zero attached hydrogens (tertiary/aromatic N) is 1. The van der Waals surface area contributed by atoms with Gasteiger partial charge in [0.25, 0.3) is 0 Å². The molecule has 0 saturated carbocycles. The molecule has 1 aromatic carbocycles. The van der Waals surface area contributed by atoms with E-state index in [-0.39, 0.29) is 26.3 Å². The van der Waals surface area contributed by atoms with Crippen LogP contribution < -0.4 is 5.32 Å². The molecule has 1 N–H and O–H groups in total. The molecule has 0 radical (unpaired) electrons. The van der Waals surface area contributed by atoms with Gasteiger partial charge in [0, 0.05) is 6.54 Å². The number of hydrogen-bond acceptors (Lipinski definition) is 5. The van der Waals surface area contributed by atoms with Crippen molar-refractivity contribution in [1.82, 2.24) is 10.2 Å². The largest absolute Gasteiger partial charge is 0.466 e. The third kappa shape index (κ3) is 7.38. The lowest BCUT2D eigenvalue weighted by atomic mass is 9.96. The Kier molecular flexibility index (Phi) is 8.10. The highest BCUT2D eigenvalue weighted by Crippen LogP contribution is 2.23. The summed E-state index contributed by atoms with van der Waals surface area (Å²) in [5, 5.41) is 2.56. The summed E-state index contributed by atoms with van der Waals surface area (Å²) in [6, 6.07) is 8.17. The molecule has 1 fully saturated rings. The Morgan fingerprint density at radius 2 is 1.93 bits per heavy atom. The topological polar surface area (TPSA) is 67.9 Å². The standard InChI is InChI=1S/C19H25F3N2O4/c1-2-27-17(25)15-9-6-10-24(13-19(20,21)22)11-16(15)23-18(26)28-12-14-7-4-3-5-8-14/h3-5,7-8,15-16H,2,6,9-13H2,1H3,(H,23,26)/t15-,16+/m1/s1. The number of likely N-dealkylation sites (tertiary alicyclic amines) is 1. The fraction of sp³-hybridized carbons (Fsp3) is 0.579. The molecule has 9 heteroatoms. The number of amides is 1. The van der Waals surface area contributed by atoms with Crippen LogP contribution in [0.25, 0.3) is 0 Å². The summed E-state index contributed by atoms with van der Waals surface area (Å²) in [6.45, 7) is 0.819. The van der Waals surface area contributed by atoms with Crippen molar-refractivity contribution in [2.45, 2.75) is 38.6 Å². The molecular weight excluding hydrogens is 377 g/mol. The summed E-state index contributed by atoms with van der Waals surface area (Å²) in [5.74, 6) is -1.24. The number of ether oxygens (including phenoxy) is 2. The Bertz CT molecular complexity index is 640. The number of alkyl halides is 3. The third-order valence-corrected chi connectivity index (χ3v) is 4.44. The number of esters is 1. The molecule has 0 aromatic heterocycles. The highest BCUT2D eigenvalue weighted by atomic mass is 19.4. The third-order valence-electron chi connectivity index (χ3n) is 4.44. The summed E-state index contributed by atoms with van der Waals surface area (Å²) < 4.78 is 48.6. The van der Waals surface area contributed by atoms with Gasteiger partial charge in [0.05, 0.1) is 25.1 Å². The van der Waals surface area contributed by atoms with Gasteiger partial charge in [-0.2, -0.15) is 13.2 Å². The zero-order chi connectivity index (χ0) is 20.6. The molecule has 0 spiro atoms. The molecule has 28 heavy (non-hydrogen) atoms. The highest BCUT2D eigenvalue weighted by molar-refractivity contribution is 5.75. The molecule has 2 rings (SSSR count). The number of rotatable bonds is 6. The number of hydrogen-bond donors (Lipinski definition) is 1. The SMILES string of the molecule is CCOC(=O)[C@@H]1CCCN(CC(F)(F)F)C[C@@H]1NC(=O)OCc1ccccc1. The van der Waals surface area contributed by atoms with E-state index in [9.17, 15) is 22.8 Å². The van der Waals surface area contributed by atoms with Gasteiger partial charge in [-0.15, -0.1) is 0 Å². The minimum absolute atomic E-state index is 0.0235. The van der Waals surface area contributed by atoms with Crippen LogP contribution >= 0.6 is 0 Å². The average molecular weight is 402 g/mol. The maximum Gasteiger partial charge on any atom is 0.407 e. The second-order valence-electron chi connectivity index (χ2n) is 6.66. The Morgan fingerprint density at radius 1 is 1.21 bits per heavy atom. The highest BCUT2D eigenvalue weighted by Gasteiger charge is 2.38. The lowest BCUT2D eigenvalue weighted by Gasteiger charge is -2.28. The van der Waals surface area contributed by atoms with Crippen molar-refractivity contribution in [3.05, 3.63) is 35.9 Å². The first kappa shape index (κ1) is 22.0. The van der Waals surface area contributed by atoms with Crippen molar-refractivity contribution in [3.8, 4) is 0 Å². The average Bonchev–Trinajstić information content (AvgIpc) is 2.81. The Morgan fingerprint density at radius 3 is 2.57 bits per heavy atom. The summed E-state index contributed by atoms with van der Waals surface area (Å²) >= 11 is 0. The monoisotopic (exact) mass is 402 g/mol. The van der Waals surface area contributed by atoms with Gasteiger partial charge in [-0.05, 0) is 31.9 Å². The van der Waals surface area contributed by atoms with Crippen molar-refractivity contribution in [3.63, 3.8) is 0 Å². The first-order chi connectivity index (χ1) is 13.3. The lowest BCUT2D eigenvalue weighted by Crippen LogP contribution is -2.50. The molecule has 156 valence electrons. The van der Waals surface area contributed by atoms with E-state index in [0.717, 1.165) is 5.56 Å². The molecule has 2 atom stereocenters. The van der Waals surface area contributed by atoms with Crippen LogP contribution in [0.15, 0.2) is 30.3 Å². The van der Waals surface area contributed by atoms with Gasteiger partial charge >= 0.3 is 18.2 Å². The minimum atomic E-state index is -4.36. The van der Waals surface area contributed by atoms with Gasteiger partial charge in [-0.25, -0.2) is 4.79 Å². The fourth-order valence-corrected chi connectivity index (χ4v) is 3.22. The zero-order valence-electron chi connectivity index (χ0n) is 15.7. The van der Waals surface area contributed by atoms with Gasteiger partial charge < -0.3 is 14.8 Å². The second-order valence-corrected chi connectivity index (χ2v) is 6.66. The summed E-state index contributed by atoms with van der Waals surface area (Å²) in [6.07, 6.45) is -4.41. The number of nitrogens with one attached hydrogen (secondary N) is 1. The van der Waals surface area contributed by atoms with Crippen molar-refractivity contribution in [2.75, 3.05) is 26.2 Å². The molecule has 6 nitrogen and oxygen atoms in total. The van der Waals surface area contributed by atoms with Crippen LogP contribution in [0.3, 0.4) is 0 Å². The molecule has 1 aliphatic heterocycles. The van der Waals surface area contributed by atoms with Gasteiger partial charge in [0.1, 0.15) is 6.61 Å². The normalized spacial score (nSPS) is 20.9. The summed E-state index contributed by atoms with van der Waals surface area (Å²) in [5.41, 5.74) is 0.777. The van der Waals surface area contributed by atoms with Crippen molar-refractivity contribution in [1.29, 1.82) is 0 Å². The van der Waals surface area contributed by atoms with Crippen LogP contribution in [0.4, 0.5) is 18.0 Å². The van der Waals surface area contributed by atoms with Crippen LogP contribution in [0.5, 0.6) is 0 Å². The molecule has 0 unspecified atom stereocenters. The molecule has 1 heterocycles. The van der Waals surface area contributed by atoms with Crippen molar-refractivity contribution >= 4 is 12.1 Å². The molecule has 1 aliphatic rings. The van der Waals surface area contributed by atoms with Gasteiger partial charge in [-0.3, -0.25) is 9.69 Å². The van der Waals surface area contributed by atoms with Gasteiger partial charge in [-0.1, -0.05) is 30.3 Å². The van der Waals surface area contributed by atoms with Gasteiger partial charge in [0.15, 0.2) is 0 Å². The van der Waals surface area contributed by atoms with E-state index in [1.54, 1.807) is 31.2 Å². The number of carbonyl (C=O) groups excluding carboxylic acids is 2. The molecular formula is C19H25F3N2O4. The second kappa shape index (κ2) is 10.3. The molecule has 1 amide bonds. The Labute approximate surface area is 162 Å². The maximum absolute atomic E-state index is 12.8. The molecule has 0 bridgehead atoms. The fourth-order valence-electron chi connectivity index (χ4n) is 3.22. The lowest BCUT2D eigenvalue weighted by molar-refractivity contribution is -0.150. The van der Waals surface area contributed by atoms with Gasteiger partial charge in [0.2, 0.25) is 0 Å². The van der Waals surface area contributed by atoms with Crippen LogP contribution in [0.1, 0.15) is 25.3 Å². The summed E-state index contributed by atoms with van der Waals surface area (Å²) in [7, 11) is 0. The molecule has 1 saturated heterocycles. The van der Waals surface area contributed by atoms with E-state index in [1.165, 1.54) is 4.90 Å². The Hall–Kier alpha value is -2.29. The maximum atomic E-state index is 12.8.